The third-order valence-corrected chi connectivity index (χ3v) is 11.5. The lowest BCUT2D eigenvalue weighted by molar-refractivity contribution is -0.150. The van der Waals surface area contributed by atoms with Crippen LogP contribution in [0.2, 0.25) is 0 Å². The van der Waals surface area contributed by atoms with E-state index in [1.54, 1.807) is 0 Å². The Bertz CT molecular complexity index is 865. The highest BCUT2D eigenvalue weighted by Gasteiger charge is 2.16. The second-order valence-electron chi connectivity index (χ2n) is 18.1. The minimum atomic E-state index is -0.316. The average molecular weight is 807 g/mol. The molecule has 0 rings (SSSR count). The Morgan fingerprint density at radius 1 is 0.526 bits per heavy atom. The molecular weight excluding hydrogens is 709 g/mol. The van der Waals surface area contributed by atoms with Crippen molar-refractivity contribution in [3.8, 4) is 0 Å². The van der Waals surface area contributed by atoms with Crippen LogP contribution in [0, 0.1) is 5.41 Å². The number of aldehydes is 1. The molecule has 0 saturated carbocycles. The summed E-state index contributed by atoms with van der Waals surface area (Å²) in [6.45, 7) is 16.3. The van der Waals surface area contributed by atoms with Crippen LogP contribution < -0.4 is 5.32 Å². The molecule has 0 unspecified atom stereocenters. The molecule has 0 aromatic heterocycles. The summed E-state index contributed by atoms with van der Waals surface area (Å²) in [5, 5.41) is 3.48. The van der Waals surface area contributed by atoms with Gasteiger partial charge in [-0.1, -0.05) is 176 Å². The summed E-state index contributed by atoms with van der Waals surface area (Å²) in [5.74, 6) is -0.00418. The van der Waals surface area contributed by atoms with E-state index in [0.717, 1.165) is 90.4 Å². The van der Waals surface area contributed by atoms with Gasteiger partial charge in [-0.2, -0.15) is 0 Å². The SMILES string of the molecule is CCCCCCCCCOC(=O)CCCCCCCN(CCCCCCCC(=O)OC(CCCCCCCC)CCCCCCCC)CCCNCC(C)(C)C=O. The number of esters is 2. The quantitative estimate of drug-likeness (QED) is 0.0372. The van der Waals surface area contributed by atoms with E-state index in [0.29, 0.717) is 19.4 Å². The van der Waals surface area contributed by atoms with Gasteiger partial charge in [-0.25, -0.2) is 0 Å². The minimum absolute atomic E-state index is 0.0204. The summed E-state index contributed by atoms with van der Waals surface area (Å²) in [6, 6.07) is 0. The van der Waals surface area contributed by atoms with Crippen LogP contribution in [0.25, 0.3) is 0 Å². The highest BCUT2D eigenvalue weighted by Crippen LogP contribution is 2.19. The fourth-order valence-electron chi connectivity index (χ4n) is 7.61. The van der Waals surface area contributed by atoms with Gasteiger partial charge in [0.25, 0.3) is 0 Å². The van der Waals surface area contributed by atoms with Crippen LogP contribution in [0.3, 0.4) is 0 Å². The number of nitrogens with one attached hydrogen (secondary N) is 1. The number of unbranched alkanes of at least 4 members (excludes halogenated alkanes) is 24. The molecule has 0 amide bonds. The second kappa shape index (κ2) is 42.6. The number of nitrogens with zero attached hydrogens (tertiary/aromatic N) is 1. The molecule has 1 N–H and O–H groups in total. The molecule has 338 valence electrons. The van der Waals surface area contributed by atoms with Crippen molar-refractivity contribution in [3.05, 3.63) is 0 Å². The standard InChI is InChI=1S/C50H98N2O5/c1-6-9-12-15-18-27-34-44-56-48(54)38-30-23-19-25-32-41-52(43-35-40-51-45-50(4,5)46-53)42-33-26-20-24-31-39-49(55)57-47(36-28-21-16-13-10-7-2)37-29-22-17-14-11-8-3/h46-47,51H,6-45H2,1-5H3. The molecule has 7 nitrogen and oxygen atoms in total. The Hall–Kier alpha value is -1.47. The Labute approximate surface area is 355 Å². The molecule has 0 aliphatic rings. The Morgan fingerprint density at radius 3 is 1.42 bits per heavy atom. The molecule has 0 aliphatic carbocycles. The average Bonchev–Trinajstić information content (AvgIpc) is 3.20. The van der Waals surface area contributed by atoms with Crippen molar-refractivity contribution in [1.82, 2.24) is 10.2 Å². The maximum Gasteiger partial charge on any atom is 0.306 e. The first-order valence-corrected chi connectivity index (χ1v) is 25.0. The van der Waals surface area contributed by atoms with Gasteiger partial charge in [0.05, 0.1) is 6.61 Å². The molecule has 0 fully saturated rings. The lowest BCUT2D eigenvalue weighted by Gasteiger charge is -2.23. The second-order valence-corrected chi connectivity index (χ2v) is 18.1. The molecule has 0 aromatic carbocycles. The fraction of sp³-hybridized carbons (Fsp3) is 0.940. The van der Waals surface area contributed by atoms with Gasteiger partial charge in [0.15, 0.2) is 0 Å². The van der Waals surface area contributed by atoms with Crippen molar-refractivity contribution < 1.29 is 23.9 Å². The van der Waals surface area contributed by atoms with Crippen LogP contribution in [0.1, 0.15) is 253 Å². The van der Waals surface area contributed by atoms with E-state index < -0.39 is 0 Å². The van der Waals surface area contributed by atoms with E-state index in [4.69, 9.17) is 9.47 Å². The van der Waals surface area contributed by atoms with Crippen LogP contribution in [0.5, 0.6) is 0 Å². The Kier molecular flexibility index (Phi) is 41.5. The van der Waals surface area contributed by atoms with E-state index in [1.165, 1.54) is 154 Å². The molecule has 0 radical (unpaired) electrons. The number of carbonyl (C=O) groups excluding carboxylic acids is 3. The summed E-state index contributed by atoms with van der Waals surface area (Å²) in [6.07, 6.45) is 40.6. The summed E-state index contributed by atoms with van der Waals surface area (Å²) in [4.78, 5) is 38.8. The Morgan fingerprint density at radius 2 is 0.930 bits per heavy atom. The van der Waals surface area contributed by atoms with Gasteiger partial charge in [-0.3, -0.25) is 9.59 Å². The number of rotatable bonds is 46. The van der Waals surface area contributed by atoms with Crippen molar-refractivity contribution in [2.45, 2.75) is 259 Å². The number of hydrogen-bond acceptors (Lipinski definition) is 7. The number of carbonyl (C=O) groups is 3. The Balaban J connectivity index is 4.39. The maximum absolute atomic E-state index is 12.8. The summed E-state index contributed by atoms with van der Waals surface area (Å²) < 4.78 is 11.5. The van der Waals surface area contributed by atoms with E-state index in [-0.39, 0.29) is 23.5 Å². The van der Waals surface area contributed by atoms with Gasteiger partial charge in [0.1, 0.15) is 12.4 Å². The van der Waals surface area contributed by atoms with Crippen LogP contribution in [-0.2, 0) is 23.9 Å². The number of ether oxygens (including phenoxy) is 2. The van der Waals surface area contributed by atoms with Crippen molar-refractivity contribution in [3.63, 3.8) is 0 Å². The summed E-state index contributed by atoms with van der Waals surface area (Å²) in [7, 11) is 0. The molecule has 0 saturated heterocycles. The molecule has 0 heterocycles. The predicted octanol–water partition coefficient (Wildman–Crippen LogP) is 13.9. The van der Waals surface area contributed by atoms with Crippen molar-refractivity contribution in [2.75, 3.05) is 39.3 Å². The molecule has 57 heavy (non-hydrogen) atoms. The number of hydrogen-bond donors (Lipinski definition) is 1. The lowest BCUT2D eigenvalue weighted by Crippen LogP contribution is -2.33. The van der Waals surface area contributed by atoms with E-state index in [9.17, 15) is 14.4 Å². The van der Waals surface area contributed by atoms with Crippen molar-refractivity contribution >= 4 is 18.2 Å². The summed E-state index contributed by atoms with van der Waals surface area (Å²) in [5.41, 5.74) is -0.316. The molecule has 0 atom stereocenters. The van der Waals surface area contributed by atoms with Crippen LogP contribution >= 0.6 is 0 Å². The first kappa shape index (κ1) is 55.5. The third-order valence-electron chi connectivity index (χ3n) is 11.5. The zero-order valence-electron chi connectivity index (χ0n) is 38.9. The lowest BCUT2D eigenvalue weighted by atomic mass is 9.96. The van der Waals surface area contributed by atoms with Crippen LogP contribution in [-0.4, -0.2) is 68.6 Å². The van der Waals surface area contributed by atoms with E-state index in [1.807, 2.05) is 13.8 Å². The highest BCUT2D eigenvalue weighted by molar-refractivity contribution is 5.69. The van der Waals surface area contributed by atoms with E-state index in [2.05, 4.69) is 31.0 Å². The molecular formula is C50H98N2O5. The third kappa shape index (κ3) is 41.1. The summed E-state index contributed by atoms with van der Waals surface area (Å²) >= 11 is 0. The van der Waals surface area contributed by atoms with Crippen LogP contribution in [0.4, 0.5) is 0 Å². The fourth-order valence-corrected chi connectivity index (χ4v) is 7.61. The van der Waals surface area contributed by atoms with Gasteiger partial charge < -0.3 is 24.5 Å². The molecule has 0 bridgehead atoms. The normalized spacial score (nSPS) is 11.8. The molecule has 7 heteroatoms. The van der Waals surface area contributed by atoms with Gasteiger partial charge in [-0.15, -0.1) is 0 Å². The van der Waals surface area contributed by atoms with Gasteiger partial charge >= 0.3 is 11.9 Å². The topological polar surface area (TPSA) is 84.9 Å². The minimum Gasteiger partial charge on any atom is -0.466 e. The van der Waals surface area contributed by atoms with Crippen molar-refractivity contribution in [1.29, 1.82) is 0 Å². The maximum atomic E-state index is 12.8. The van der Waals surface area contributed by atoms with E-state index >= 15 is 0 Å². The highest BCUT2D eigenvalue weighted by atomic mass is 16.5. The van der Waals surface area contributed by atoms with Gasteiger partial charge in [0.2, 0.25) is 0 Å². The zero-order chi connectivity index (χ0) is 41.9. The monoisotopic (exact) mass is 807 g/mol. The first-order chi connectivity index (χ1) is 27.8. The largest absolute Gasteiger partial charge is 0.466 e. The predicted molar refractivity (Wildman–Crippen MR) is 244 cm³/mol. The molecule has 0 aromatic rings. The molecule has 0 spiro atoms. The van der Waals surface area contributed by atoms with Crippen molar-refractivity contribution in [2.24, 2.45) is 5.41 Å². The smallest absolute Gasteiger partial charge is 0.306 e. The molecule has 0 aliphatic heterocycles. The van der Waals surface area contributed by atoms with Crippen LogP contribution in [0.15, 0.2) is 0 Å². The van der Waals surface area contributed by atoms with Gasteiger partial charge in [0, 0.05) is 24.8 Å². The zero-order valence-corrected chi connectivity index (χ0v) is 38.9. The van der Waals surface area contributed by atoms with Gasteiger partial charge in [-0.05, 0) is 90.4 Å². The first-order valence-electron chi connectivity index (χ1n) is 25.0.